The molecular formula is C19H36N2O2. The van der Waals surface area contributed by atoms with E-state index < -0.39 is 0 Å². The monoisotopic (exact) mass is 324 g/mol. The molecule has 4 nitrogen and oxygen atoms in total. The highest BCUT2D eigenvalue weighted by Gasteiger charge is 2.31. The maximum atomic E-state index is 12.2. The molecule has 134 valence electrons. The van der Waals surface area contributed by atoms with Gasteiger partial charge in [-0.05, 0) is 37.0 Å². The van der Waals surface area contributed by atoms with Crippen LogP contribution in [0.15, 0.2) is 0 Å². The van der Waals surface area contributed by atoms with Crippen molar-refractivity contribution in [2.24, 2.45) is 23.2 Å². The van der Waals surface area contributed by atoms with Crippen molar-refractivity contribution in [3.8, 4) is 0 Å². The second-order valence-corrected chi connectivity index (χ2v) is 8.61. The summed E-state index contributed by atoms with van der Waals surface area (Å²) in [6.45, 7) is 13.0. The van der Waals surface area contributed by atoms with Crippen molar-refractivity contribution in [1.82, 2.24) is 10.6 Å². The van der Waals surface area contributed by atoms with Crippen LogP contribution in [0.4, 0.5) is 0 Å². The Hall–Kier alpha value is -1.06. The third-order valence-electron chi connectivity index (χ3n) is 4.92. The lowest BCUT2D eigenvalue weighted by Crippen LogP contribution is -2.45. The van der Waals surface area contributed by atoms with E-state index in [1.165, 1.54) is 12.8 Å². The average molecular weight is 325 g/mol. The molecule has 0 aromatic carbocycles. The van der Waals surface area contributed by atoms with Crippen LogP contribution < -0.4 is 10.6 Å². The van der Waals surface area contributed by atoms with Gasteiger partial charge in [0.15, 0.2) is 0 Å². The third-order valence-corrected chi connectivity index (χ3v) is 4.92. The number of nitrogens with one attached hydrogen (secondary N) is 2. The zero-order valence-corrected chi connectivity index (χ0v) is 15.9. The summed E-state index contributed by atoms with van der Waals surface area (Å²) in [5.74, 6) is 2.06. The summed E-state index contributed by atoms with van der Waals surface area (Å²) in [6, 6.07) is 0.315. The Morgan fingerprint density at radius 2 is 1.83 bits per heavy atom. The molecule has 1 aliphatic rings. The van der Waals surface area contributed by atoms with Crippen LogP contribution >= 0.6 is 0 Å². The van der Waals surface area contributed by atoms with Gasteiger partial charge in [0, 0.05) is 24.4 Å². The first-order valence-corrected chi connectivity index (χ1v) is 9.19. The molecule has 0 aromatic heterocycles. The van der Waals surface area contributed by atoms with Crippen LogP contribution in [0.1, 0.15) is 73.6 Å². The zero-order valence-electron chi connectivity index (χ0n) is 15.9. The van der Waals surface area contributed by atoms with Gasteiger partial charge in [0.2, 0.25) is 11.8 Å². The summed E-state index contributed by atoms with van der Waals surface area (Å²) in [4.78, 5) is 24.0. The SMILES string of the molecule is CC1CCC(C(C)C)C(NC(=O)CCCNC(=O)C(C)(C)C)C1. The Morgan fingerprint density at radius 3 is 2.39 bits per heavy atom. The van der Waals surface area contributed by atoms with Crippen LogP contribution in [0.2, 0.25) is 0 Å². The molecule has 0 heterocycles. The first kappa shape index (κ1) is 20.0. The van der Waals surface area contributed by atoms with Gasteiger partial charge >= 0.3 is 0 Å². The first-order chi connectivity index (χ1) is 10.6. The van der Waals surface area contributed by atoms with Crippen molar-refractivity contribution in [3.63, 3.8) is 0 Å². The number of rotatable bonds is 6. The van der Waals surface area contributed by atoms with Crippen molar-refractivity contribution < 1.29 is 9.59 Å². The van der Waals surface area contributed by atoms with Gasteiger partial charge in [0.1, 0.15) is 0 Å². The minimum atomic E-state index is -0.370. The fourth-order valence-electron chi connectivity index (χ4n) is 3.36. The molecule has 2 amide bonds. The van der Waals surface area contributed by atoms with Crippen LogP contribution in [0.5, 0.6) is 0 Å². The van der Waals surface area contributed by atoms with Gasteiger partial charge in [-0.3, -0.25) is 9.59 Å². The fraction of sp³-hybridized carbons (Fsp3) is 0.895. The molecule has 1 rings (SSSR count). The van der Waals surface area contributed by atoms with Gasteiger partial charge < -0.3 is 10.6 Å². The zero-order chi connectivity index (χ0) is 17.6. The van der Waals surface area contributed by atoms with Crippen LogP contribution in [0.3, 0.4) is 0 Å². The van der Waals surface area contributed by atoms with Gasteiger partial charge in [-0.1, -0.05) is 48.0 Å². The molecule has 2 N–H and O–H groups in total. The summed E-state index contributed by atoms with van der Waals surface area (Å²) in [6.07, 6.45) is 4.76. The lowest BCUT2D eigenvalue weighted by Gasteiger charge is -2.37. The number of hydrogen-bond donors (Lipinski definition) is 2. The molecule has 0 aromatic rings. The van der Waals surface area contributed by atoms with E-state index in [9.17, 15) is 9.59 Å². The summed E-state index contributed by atoms with van der Waals surface area (Å²) in [7, 11) is 0. The molecule has 1 fully saturated rings. The van der Waals surface area contributed by atoms with Gasteiger partial charge in [-0.25, -0.2) is 0 Å². The summed E-state index contributed by atoms with van der Waals surface area (Å²) < 4.78 is 0. The van der Waals surface area contributed by atoms with Gasteiger partial charge in [0.25, 0.3) is 0 Å². The maximum absolute atomic E-state index is 12.2. The standard InChI is InChI=1S/C19H36N2O2/c1-13(2)15-10-9-14(3)12-16(15)21-17(22)8-7-11-20-18(23)19(4,5)6/h13-16H,7-12H2,1-6H3,(H,20,23)(H,21,22). The van der Waals surface area contributed by atoms with Crippen LogP contribution in [0, 0.1) is 23.2 Å². The molecule has 4 heteroatoms. The maximum Gasteiger partial charge on any atom is 0.225 e. The van der Waals surface area contributed by atoms with E-state index in [4.69, 9.17) is 0 Å². The van der Waals surface area contributed by atoms with Crippen LogP contribution in [-0.4, -0.2) is 24.4 Å². The van der Waals surface area contributed by atoms with Gasteiger partial charge in [0.05, 0.1) is 0 Å². The normalized spacial score (nSPS) is 25.3. The predicted molar refractivity (Wildman–Crippen MR) is 95.0 cm³/mol. The molecular weight excluding hydrogens is 288 g/mol. The molecule has 23 heavy (non-hydrogen) atoms. The van der Waals surface area contributed by atoms with Gasteiger partial charge in [-0.15, -0.1) is 0 Å². The van der Waals surface area contributed by atoms with E-state index in [1.54, 1.807) is 0 Å². The minimum Gasteiger partial charge on any atom is -0.356 e. The lowest BCUT2D eigenvalue weighted by atomic mass is 9.74. The highest BCUT2D eigenvalue weighted by atomic mass is 16.2. The third kappa shape index (κ3) is 6.92. The van der Waals surface area contributed by atoms with Crippen molar-refractivity contribution >= 4 is 11.8 Å². The smallest absolute Gasteiger partial charge is 0.225 e. The molecule has 0 aliphatic heterocycles. The van der Waals surface area contributed by atoms with E-state index in [1.807, 2.05) is 20.8 Å². The van der Waals surface area contributed by atoms with Crippen molar-refractivity contribution in [3.05, 3.63) is 0 Å². The van der Waals surface area contributed by atoms with Crippen molar-refractivity contribution in [2.45, 2.75) is 79.7 Å². The molecule has 3 unspecified atom stereocenters. The molecule has 1 aliphatic carbocycles. The first-order valence-electron chi connectivity index (χ1n) is 9.19. The molecule has 1 saturated carbocycles. The topological polar surface area (TPSA) is 58.2 Å². The summed E-state index contributed by atoms with van der Waals surface area (Å²) >= 11 is 0. The minimum absolute atomic E-state index is 0.0406. The average Bonchev–Trinajstić information content (AvgIpc) is 2.42. The fourth-order valence-corrected chi connectivity index (χ4v) is 3.36. The Balaban J connectivity index is 2.33. The van der Waals surface area contributed by atoms with E-state index in [0.717, 1.165) is 6.42 Å². The van der Waals surface area contributed by atoms with E-state index in [0.29, 0.717) is 43.2 Å². The van der Waals surface area contributed by atoms with Crippen LogP contribution in [0.25, 0.3) is 0 Å². The molecule has 0 spiro atoms. The van der Waals surface area contributed by atoms with Gasteiger partial charge in [-0.2, -0.15) is 0 Å². The Labute approximate surface area is 142 Å². The number of carbonyl (C=O) groups is 2. The molecule has 3 atom stereocenters. The lowest BCUT2D eigenvalue weighted by molar-refractivity contribution is -0.129. The number of carbonyl (C=O) groups excluding carboxylic acids is 2. The Morgan fingerprint density at radius 1 is 1.17 bits per heavy atom. The summed E-state index contributed by atoms with van der Waals surface area (Å²) in [5, 5.41) is 6.14. The van der Waals surface area contributed by atoms with Crippen molar-refractivity contribution in [1.29, 1.82) is 0 Å². The number of amides is 2. The van der Waals surface area contributed by atoms with E-state index in [2.05, 4.69) is 31.4 Å². The number of hydrogen-bond acceptors (Lipinski definition) is 2. The van der Waals surface area contributed by atoms with Crippen molar-refractivity contribution in [2.75, 3.05) is 6.54 Å². The second-order valence-electron chi connectivity index (χ2n) is 8.61. The Kier molecular flexibility index (Phi) is 7.56. The molecule has 0 radical (unpaired) electrons. The molecule has 0 saturated heterocycles. The highest BCUT2D eigenvalue weighted by Crippen LogP contribution is 2.33. The Bertz CT molecular complexity index is 399. The molecule has 0 bridgehead atoms. The van der Waals surface area contributed by atoms with Crippen LogP contribution in [-0.2, 0) is 9.59 Å². The largest absolute Gasteiger partial charge is 0.356 e. The van der Waals surface area contributed by atoms with E-state index in [-0.39, 0.29) is 17.2 Å². The van der Waals surface area contributed by atoms with E-state index >= 15 is 0 Å². The second kappa shape index (κ2) is 8.70. The summed E-state index contributed by atoms with van der Waals surface area (Å²) in [5.41, 5.74) is -0.370. The quantitative estimate of drug-likeness (QED) is 0.735. The predicted octanol–water partition coefficient (Wildman–Crippen LogP) is 3.51. The highest BCUT2D eigenvalue weighted by molar-refractivity contribution is 5.81.